The van der Waals surface area contributed by atoms with Crippen molar-refractivity contribution in [1.82, 2.24) is 0 Å². The predicted molar refractivity (Wildman–Crippen MR) is 84.6 cm³/mol. The number of hydrogen-bond donors (Lipinski definition) is 0. The number of halogens is 2. The summed E-state index contributed by atoms with van der Waals surface area (Å²) in [5, 5.41) is 0. The van der Waals surface area contributed by atoms with E-state index in [0.29, 0.717) is 0 Å². The molecule has 0 spiro atoms. The summed E-state index contributed by atoms with van der Waals surface area (Å²) in [4.78, 5) is 0. The maximum atomic E-state index is 3.85. The van der Waals surface area contributed by atoms with Crippen LogP contribution in [0.1, 0.15) is 11.1 Å². The van der Waals surface area contributed by atoms with Crippen LogP contribution in [0.3, 0.4) is 0 Å². The van der Waals surface area contributed by atoms with E-state index in [9.17, 15) is 0 Å². The molecule has 0 unspecified atom stereocenters. The van der Waals surface area contributed by atoms with Gasteiger partial charge in [0, 0.05) is 28.3 Å². The van der Waals surface area contributed by atoms with Crippen molar-refractivity contribution in [3.8, 4) is 11.1 Å². The van der Waals surface area contributed by atoms with Gasteiger partial charge in [0.1, 0.15) is 0 Å². The third kappa shape index (κ3) is 3.55. The third-order valence-electron chi connectivity index (χ3n) is 2.62. The van der Waals surface area contributed by atoms with Crippen LogP contribution >= 0.6 is 28.3 Å². The molecule has 0 amide bonds. The Balaban J connectivity index is 0.000000686. The van der Waals surface area contributed by atoms with E-state index >= 15 is 0 Å². The molecule has 0 atom stereocenters. The highest BCUT2D eigenvalue weighted by atomic mass is 80.9. The van der Waals surface area contributed by atoms with Crippen LogP contribution in [-0.2, 0) is 0 Å². The van der Waals surface area contributed by atoms with Gasteiger partial charge in [-0.2, -0.15) is 0 Å². The molecule has 0 bridgehead atoms. The Morgan fingerprint density at radius 2 is 1.41 bits per heavy atom. The number of aryl methyl sites for hydroxylation is 1. The molecule has 0 fully saturated rings. The lowest BCUT2D eigenvalue weighted by atomic mass is 9.96. The first-order valence-electron chi connectivity index (χ1n) is 5.24. The van der Waals surface area contributed by atoms with Crippen molar-refractivity contribution in [2.45, 2.75) is 6.92 Å². The Morgan fingerprint density at radius 1 is 0.882 bits per heavy atom. The molecule has 17 heavy (non-hydrogen) atoms. The molecule has 0 heterocycles. The fraction of sp³-hybridized carbons (Fsp3) is 0.0667. The van der Waals surface area contributed by atoms with E-state index < -0.39 is 0 Å². The summed E-state index contributed by atoms with van der Waals surface area (Å²) in [6, 6.07) is 16.8. The van der Waals surface area contributed by atoms with Gasteiger partial charge in [-0.1, -0.05) is 61.2 Å². The summed E-state index contributed by atoms with van der Waals surface area (Å²) < 4.78 is 0. The zero-order valence-electron chi connectivity index (χ0n) is 9.66. The highest BCUT2D eigenvalue weighted by Crippen LogP contribution is 2.26. The van der Waals surface area contributed by atoms with Crippen molar-refractivity contribution in [3.63, 3.8) is 0 Å². The molecule has 88 valence electrons. The van der Waals surface area contributed by atoms with Crippen molar-refractivity contribution in [1.29, 1.82) is 0 Å². The molecule has 0 aliphatic rings. The Morgan fingerprint density at radius 3 is 2.00 bits per heavy atom. The lowest BCUT2D eigenvalue weighted by Crippen LogP contribution is -1.85. The van der Waals surface area contributed by atoms with Gasteiger partial charge in [0.15, 0.2) is 0 Å². The second-order valence-electron chi connectivity index (χ2n) is 3.61. The fourth-order valence-corrected chi connectivity index (χ4v) is 1.80. The molecule has 2 aromatic rings. The van der Waals surface area contributed by atoms with Crippen LogP contribution in [0, 0.1) is 6.92 Å². The second kappa shape index (κ2) is 7.46. The first-order chi connectivity index (χ1) is 8.33. The van der Waals surface area contributed by atoms with Crippen LogP contribution in [0.4, 0.5) is 0 Å². The first kappa shape index (κ1) is 14.2. The molecule has 0 aliphatic carbocycles. The quantitative estimate of drug-likeness (QED) is 0.621. The number of hydrogen-bond acceptors (Lipinski definition) is 0. The summed E-state index contributed by atoms with van der Waals surface area (Å²) in [5.74, 6) is 0. The highest BCUT2D eigenvalue weighted by molar-refractivity contribution is 9.93. The summed E-state index contributed by atoms with van der Waals surface area (Å²) in [7, 11) is 0. The van der Waals surface area contributed by atoms with Crippen LogP contribution in [0.25, 0.3) is 17.2 Å². The molecule has 0 nitrogen and oxygen atoms in total. The van der Waals surface area contributed by atoms with Crippen molar-refractivity contribution in [3.05, 3.63) is 66.2 Å². The molecule has 0 saturated carbocycles. The van der Waals surface area contributed by atoms with Crippen molar-refractivity contribution in [2.75, 3.05) is 0 Å². The maximum absolute atomic E-state index is 3.85. The molecule has 0 aromatic heterocycles. The second-order valence-corrected chi connectivity index (χ2v) is 3.61. The van der Waals surface area contributed by atoms with Gasteiger partial charge >= 0.3 is 0 Å². The minimum absolute atomic E-state index is 1.19. The molecule has 2 aromatic carbocycles. The van der Waals surface area contributed by atoms with E-state index in [1.807, 2.05) is 12.1 Å². The van der Waals surface area contributed by atoms with E-state index in [0.717, 1.165) is 0 Å². The van der Waals surface area contributed by atoms with Gasteiger partial charge < -0.3 is 0 Å². The molecular formula is C15H14Br2. The zero-order valence-corrected chi connectivity index (χ0v) is 12.8. The fourth-order valence-electron chi connectivity index (χ4n) is 1.80. The zero-order chi connectivity index (χ0) is 12.7. The van der Waals surface area contributed by atoms with Gasteiger partial charge in [0.2, 0.25) is 0 Å². The highest BCUT2D eigenvalue weighted by Gasteiger charge is 2.03. The van der Waals surface area contributed by atoms with Gasteiger partial charge in [0.05, 0.1) is 0 Å². The monoisotopic (exact) mass is 352 g/mol. The lowest BCUT2D eigenvalue weighted by Gasteiger charge is -2.08. The smallest absolute Gasteiger partial charge is 0 e. The normalized spacial score (nSPS) is 9.12. The molecule has 0 N–H and O–H groups in total. The SMILES string of the molecule is BrBr.C=Cc1ccccc1-c1ccccc1C. The average Bonchev–Trinajstić information content (AvgIpc) is 2.41. The van der Waals surface area contributed by atoms with E-state index in [1.165, 1.54) is 22.3 Å². The summed E-state index contributed by atoms with van der Waals surface area (Å²) >= 11 is 5.50. The molecule has 0 radical (unpaired) electrons. The van der Waals surface area contributed by atoms with Crippen LogP contribution in [0.15, 0.2) is 55.1 Å². The third-order valence-corrected chi connectivity index (χ3v) is 2.62. The molecule has 0 saturated heterocycles. The number of rotatable bonds is 2. The van der Waals surface area contributed by atoms with E-state index in [1.54, 1.807) is 0 Å². The van der Waals surface area contributed by atoms with E-state index in [-0.39, 0.29) is 0 Å². The van der Waals surface area contributed by atoms with Gasteiger partial charge in [0.25, 0.3) is 0 Å². The van der Waals surface area contributed by atoms with E-state index in [2.05, 4.69) is 84.2 Å². The number of benzene rings is 2. The molecular weight excluding hydrogens is 340 g/mol. The largest absolute Gasteiger partial charge is 0.0984 e. The van der Waals surface area contributed by atoms with Crippen LogP contribution in [-0.4, -0.2) is 0 Å². The maximum Gasteiger partial charge on any atom is 0 e. The predicted octanol–water partition coefficient (Wildman–Crippen LogP) is 6.00. The first-order valence-corrected chi connectivity index (χ1v) is 8.96. The summed E-state index contributed by atoms with van der Waals surface area (Å²) in [5.41, 5.74) is 5.03. The lowest BCUT2D eigenvalue weighted by molar-refractivity contribution is 1.45. The van der Waals surface area contributed by atoms with Crippen molar-refractivity contribution < 1.29 is 0 Å². The minimum Gasteiger partial charge on any atom is -0.0984 e. The Bertz CT molecular complexity index is 490. The van der Waals surface area contributed by atoms with Gasteiger partial charge in [-0.25, -0.2) is 0 Å². The van der Waals surface area contributed by atoms with Gasteiger partial charge in [-0.3, -0.25) is 0 Å². The topological polar surface area (TPSA) is 0 Å². The Hall–Kier alpha value is -0.860. The van der Waals surface area contributed by atoms with E-state index in [4.69, 9.17) is 0 Å². The van der Waals surface area contributed by atoms with Crippen molar-refractivity contribution in [2.24, 2.45) is 0 Å². The van der Waals surface area contributed by atoms with Crippen LogP contribution in [0.2, 0.25) is 0 Å². The molecule has 2 rings (SSSR count). The standard InChI is InChI=1S/C15H14.Br2/c1-3-13-9-5-7-11-15(13)14-10-6-4-8-12(14)2;1-2/h3-11H,1H2,2H3;. The van der Waals surface area contributed by atoms with Crippen LogP contribution in [0.5, 0.6) is 0 Å². The van der Waals surface area contributed by atoms with Crippen molar-refractivity contribution >= 4 is 34.3 Å². The average molecular weight is 354 g/mol. The van der Waals surface area contributed by atoms with Crippen LogP contribution < -0.4 is 0 Å². The molecule has 2 heteroatoms. The summed E-state index contributed by atoms with van der Waals surface area (Å²) in [6.45, 7) is 5.98. The van der Waals surface area contributed by atoms with Gasteiger partial charge in [-0.15, -0.1) is 0 Å². The van der Waals surface area contributed by atoms with Gasteiger partial charge in [-0.05, 0) is 29.2 Å². The Kier molecular flexibility index (Phi) is 6.23. The Labute approximate surface area is 118 Å². The minimum atomic E-state index is 1.19. The summed E-state index contributed by atoms with van der Waals surface area (Å²) in [6.07, 6.45) is 1.90. The molecule has 0 aliphatic heterocycles.